The van der Waals surface area contributed by atoms with Gasteiger partial charge in [-0.25, -0.2) is 0 Å². The Bertz CT molecular complexity index is 363. The maximum absolute atomic E-state index is 11.3. The molecule has 0 radical (unpaired) electrons. The summed E-state index contributed by atoms with van der Waals surface area (Å²) in [6, 6.07) is 0. The normalized spacial score (nSPS) is 21.9. The van der Waals surface area contributed by atoms with E-state index in [9.17, 15) is 4.79 Å². The SMILES string of the molecule is O=C1C(=NCl)C(Cl)=C(Cl)C(Cl)=C1Cl. The third-order valence-electron chi connectivity index (χ3n) is 1.28. The molecule has 7 heteroatoms. The third-order valence-corrected chi connectivity index (χ3v) is 3.23. The zero-order valence-electron chi connectivity index (χ0n) is 5.75. The lowest BCUT2D eigenvalue weighted by Crippen LogP contribution is -2.19. The molecule has 1 aliphatic carbocycles. The van der Waals surface area contributed by atoms with Crippen molar-refractivity contribution in [1.29, 1.82) is 0 Å². The molecule has 0 heterocycles. The number of nitrogens with zero attached hydrogens (tertiary/aromatic N) is 1. The minimum atomic E-state index is -0.643. The number of Topliss-reactive ketones (excluding diaryl/α,β-unsaturated/α-hetero) is 1. The minimum absolute atomic E-state index is 0.0349. The van der Waals surface area contributed by atoms with E-state index in [1.807, 2.05) is 0 Å². The molecular weight excluding hydrogens is 279 g/mol. The number of hydrogen-bond acceptors (Lipinski definition) is 2. The van der Waals surface area contributed by atoms with Crippen molar-refractivity contribution in [3.8, 4) is 0 Å². The van der Waals surface area contributed by atoms with E-state index in [0.717, 1.165) is 0 Å². The van der Waals surface area contributed by atoms with Gasteiger partial charge < -0.3 is 0 Å². The highest BCUT2D eigenvalue weighted by atomic mass is 35.5. The molecule has 0 aromatic heterocycles. The van der Waals surface area contributed by atoms with Gasteiger partial charge in [-0.05, 0) is 0 Å². The van der Waals surface area contributed by atoms with Crippen LogP contribution in [0.1, 0.15) is 0 Å². The molecule has 2 nitrogen and oxygen atoms in total. The lowest BCUT2D eigenvalue weighted by molar-refractivity contribution is -0.109. The van der Waals surface area contributed by atoms with Gasteiger partial charge in [0.2, 0.25) is 5.78 Å². The zero-order valence-corrected chi connectivity index (χ0v) is 9.52. The van der Waals surface area contributed by atoms with E-state index >= 15 is 0 Å². The maximum atomic E-state index is 11.3. The summed E-state index contributed by atoms with van der Waals surface area (Å²) in [4.78, 5) is 11.3. The van der Waals surface area contributed by atoms with Crippen LogP contribution in [0.25, 0.3) is 0 Å². The van der Waals surface area contributed by atoms with Crippen LogP contribution in [0.2, 0.25) is 0 Å². The molecule has 0 N–H and O–H groups in total. The first-order chi connectivity index (χ1) is 6.00. The van der Waals surface area contributed by atoms with Crippen LogP contribution in [-0.2, 0) is 4.79 Å². The number of rotatable bonds is 0. The van der Waals surface area contributed by atoms with Gasteiger partial charge in [0.1, 0.15) is 10.7 Å². The molecule has 0 aliphatic heterocycles. The van der Waals surface area contributed by atoms with Crippen molar-refractivity contribution in [3.63, 3.8) is 0 Å². The molecule has 0 aromatic rings. The molecule has 1 aliphatic rings. The highest BCUT2D eigenvalue weighted by molar-refractivity contribution is 6.74. The average Bonchev–Trinajstić information content (AvgIpc) is 2.13. The molecule has 0 atom stereocenters. The number of allylic oxidation sites excluding steroid dienone is 4. The summed E-state index contributed by atoms with van der Waals surface area (Å²) in [6.07, 6.45) is 0. The molecule has 13 heavy (non-hydrogen) atoms. The standard InChI is InChI=1S/C6Cl5NO/c7-1-2(8)4(10)6(13)5(12-11)3(1)9. The van der Waals surface area contributed by atoms with Crippen LogP contribution in [0, 0.1) is 0 Å². The van der Waals surface area contributed by atoms with Gasteiger partial charge in [-0.15, -0.1) is 0 Å². The van der Waals surface area contributed by atoms with Crippen LogP contribution < -0.4 is 0 Å². The van der Waals surface area contributed by atoms with Crippen molar-refractivity contribution in [2.24, 2.45) is 4.51 Å². The summed E-state index contributed by atoms with van der Waals surface area (Å²) in [5.74, 6) is -0.643. The molecule has 0 saturated carbocycles. The Kier molecular flexibility index (Phi) is 3.66. The van der Waals surface area contributed by atoms with Crippen molar-refractivity contribution < 1.29 is 4.79 Å². The van der Waals surface area contributed by atoms with Gasteiger partial charge in [-0.1, -0.05) is 46.4 Å². The topological polar surface area (TPSA) is 29.4 Å². The van der Waals surface area contributed by atoms with Gasteiger partial charge in [0.15, 0.2) is 0 Å². The van der Waals surface area contributed by atoms with Gasteiger partial charge in [0, 0.05) is 11.8 Å². The van der Waals surface area contributed by atoms with E-state index in [0.29, 0.717) is 0 Å². The average molecular weight is 279 g/mol. The van der Waals surface area contributed by atoms with Crippen LogP contribution in [0.15, 0.2) is 24.6 Å². The molecule has 0 unspecified atom stereocenters. The summed E-state index contributed by atoms with van der Waals surface area (Å²) in [6.45, 7) is 0. The Hall–Kier alpha value is 0.270. The predicted octanol–water partition coefficient (Wildman–Crippen LogP) is 3.54. The van der Waals surface area contributed by atoms with Crippen LogP contribution in [0.4, 0.5) is 0 Å². The number of carbonyl (C=O) groups is 1. The first-order valence-corrected chi connectivity index (χ1v) is 4.70. The second kappa shape index (κ2) is 4.20. The van der Waals surface area contributed by atoms with E-state index in [4.69, 9.17) is 58.2 Å². The Balaban J connectivity index is 3.41. The smallest absolute Gasteiger partial charge is 0.227 e. The molecule has 70 valence electrons. The summed E-state index contributed by atoms with van der Waals surface area (Å²) in [7, 11) is 0. The summed E-state index contributed by atoms with van der Waals surface area (Å²) in [5, 5.41) is -0.471. The van der Waals surface area contributed by atoms with Gasteiger partial charge >= 0.3 is 0 Å². The molecule has 0 aromatic carbocycles. The van der Waals surface area contributed by atoms with Gasteiger partial charge in [-0.3, -0.25) is 4.79 Å². The van der Waals surface area contributed by atoms with Crippen molar-refractivity contribution in [3.05, 3.63) is 20.1 Å². The summed E-state index contributed by atoms with van der Waals surface area (Å²) in [5.41, 5.74) is -0.206. The fourth-order valence-electron chi connectivity index (χ4n) is 0.675. The summed E-state index contributed by atoms with van der Waals surface area (Å²) < 4.78 is 3.13. The Morgan fingerprint density at radius 2 is 1.31 bits per heavy atom. The first kappa shape index (κ1) is 11.3. The fourth-order valence-corrected chi connectivity index (χ4v) is 1.75. The third kappa shape index (κ3) is 1.88. The number of ketones is 1. The molecule has 0 saturated heterocycles. The van der Waals surface area contributed by atoms with E-state index < -0.39 is 5.78 Å². The number of carbonyl (C=O) groups excluding carboxylic acids is 1. The zero-order chi connectivity index (χ0) is 10.2. The van der Waals surface area contributed by atoms with E-state index in [1.54, 1.807) is 0 Å². The predicted molar refractivity (Wildman–Crippen MR) is 55.8 cm³/mol. The van der Waals surface area contributed by atoms with Crippen LogP contribution in [0.5, 0.6) is 0 Å². The monoisotopic (exact) mass is 277 g/mol. The van der Waals surface area contributed by atoms with Crippen LogP contribution in [0.3, 0.4) is 0 Å². The minimum Gasteiger partial charge on any atom is -0.286 e. The molecule has 1 rings (SSSR count). The molecule has 0 fully saturated rings. The van der Waals surface area contributed by atoms with Crippen LogP contribution >= 0.6 is 58.2 Å². The van der Waals surface area contributed by atoms with E-state index in [1.165, 1.54) is 0 Å². The highest BCUT2D eigenvalue weighted by Crippen LogP contribution is 2.35. The Morgan fingerprint density at radius 1 is 0.846 bits per heavy atom. The van der Waals surface area contributed by atoms with Gasteiger partial charge in [0.05, 0.1) is 15.1 Å². The first-order valence-electron chi connectivity index (χ1n) is 2.85. The lowest BCUT2D eigenvalue weighted by atomic mass is 10.1. The van der Waals surface area contributed by atoms with E-state index in [2.05, 4.69) is 4.51 Å². The second-order valence-electron chi connectivity index (χ2n) is 2.02. The number of halogens is 5. The maximum Gasteiger partial charge on any atom is 0.227 e. The van der Waals surface area contributed by atoms with E-state index in [-0.39, 0.29) is 25.8 Å². The Labute approximate surface area is 98.9 Å². The Morgan fingerprint density at radius 3 is 1.77 bits per heavy atom. The van der Waals surface area contributed by atoms with Gasteiger partial charge in [0.25, 0.3) is 0 Å². The van der Waals surface area contributed by atoms with Crippen molar-refractivity contribution in [2.75, 3.05) is 0 Å². The quantitative estimate of drug-likeness (QED) is 0.624. The fraction of sp³-hybridized carbons (Fsp3) is 0. The largest absolute Gasteiger partial charge is 0.286 e. The highest BCUT2D eigenvalue weighted by Gasteiger charge is 2.30. The molecule has 0 amide bonds. The van der Waals surface area contributed by atoms with Crippen molar-refractivity contribution >= 4 is 69.7 Å². The van der Waals surface area contributed by atoms with Crippen LogP contribution in [-0.4, -0.2) is 11.5 Å². The van der Waals surface area contributed by atoms with Crippen molar-refractivity contribution in [1.82, 2.24) is 0 Å². The molecular formula is C6Cl5NO. The van der Waals surface area contributed by atoms with Gasteiger partial charge in [-0.2, -0.15) is 4.51 Å². The van der Waals surface area contributed by atoms with Crippen molar-refractivity contribution in [2.45, 2.75) is 0 Å². The molecule has 0 bridgehead atoms. The molecule has 0 spiro atoms. The second-order valence-corrected chi connectivity index (χ2v) is 3.70. The summed E-state index contributed by atoms with van der Waals surface area (Å²) >= 11 is 27.5. The number of hydrogen-bond donors (Lipinski definition) is 0. The lowest BCUT2D eigenvalue weighted by Gasteiger charge is -2.11.